The fourth-order valence-electron chi connectivity index (χ4n) is 7.40. The smallest absolute Gasteiger partial charge is 0.335 e. The van der Waals surface area contributed by atoms with Crippen molar-refractivity contribution in [3.8, 4) is 6.07 Å². The second kappa shape index (κ2) is 9.44. The quantitative estimate of drug-likeness (QED) is 0.372. The molecule has 0 aromatic heterocycles. The van der Waals surface area contributed by atoms with Gasteiger partial charge in [-0.2, -0.15) is 5.26 Å². The van der Waals surface area contributed by atoms with E-state index in [1.54, 1.807) is 5.57 Å². The lowest BCUT2D eigenvalue weighted by molar-refractivity contribution is -0.144. The SMILES string of the molecule is CCCCC(=O)O/N=C1\C=C2CC[C@@H]3C(=C2CC1)CC[C@@]1(C)[C@H]3CC[C@]1(CC#N)CC(=O)O. The Morgan fingerprint density at radius 2 is 2.06 bits per heavy atom. The second-order valence-corrected chi connectivity index (χ2v) is 10.7. The molecule has 0 spiro atoms. The van der Waals surface area contributed by atoms with Crippen molar-refractivity contribution in [1.82, 2.24) is 0 Å². The standard InChI is InChI=1S/C27H36N2O4/c1-3-4-5-25(32)33-29-19-7-9-20-18(16-19)6-8-22-21(20)10-12-26(2)23(22)11-13-27(26,14-15-28)17-24(30)31/h16,22-23H,3-14,17H2,1-2H3,(H,30,31)/b29-19-/t22-,23+,26+,27+/m1/s1. The summed E-state index contributed by atoms with van der Waals surface area (Å²) in [7, 11) is 0. The van der Waals surface area contributed by atoms with Crippen molar-refractivity contribution in [2.75, 3.05) is 0 Å². The fourth-order valence-corrected chi connectivity index (χ4v) is 7.40. The highest BCUT2D eigenvalue weighted by atomic mass is 16.7. The second-order valence-electron chi connectivity index (χ2n) is 10.7. The summed E-state index contributed by atoms with van der Waals surface area (Å²) < 4.78 is 0. The number of unbranched alkanes of at least 4 members (excludes halogenated alkanes) is 1. The summed E-state index contributed by atoms with van der Waals surface area (Å²) in [4.78, 5) is 28.7. The number of oxime groups is 1. The van der Waals surface area contributed by atoms with Crippen LogP contribution in [0.15, 0.2) is 28.0 Å². The highest BCUT2D eigenvalue weighted by molar-refractivity contribution is 5.97. The molecule has 0 bridgehead atoms. The summed E-state index contributed by atoms with van der Waals surface area (Å²) >= 11 is 0. The van der Waals surface area contributed by atoms with Crippen molar-refractivity contribution < 1.29 is 19.5 Å². The Hall–Kier alpha value is -2.42. The van der Waals surface area contributed by atoms with E-state index in [0.29, 0.717) is 24.7 Å². The number of aliphatic carboxylic acids is 1. The van der Waals surface area contributed by atoms with E-state index in [0.717, 1.165) is 69.9 Å². The minimum atomic E-state index is -0.778. The van der Waals surface area contributed by atoms with Gasteiger partial charge in [-0.05, 0) is 97.7 Å². The molecule has 178 valence electrons. The van der Waals surface area contributed by atoms with Crippen molar-refractivity contribution in [2.24, 2.45) is 27.8 Å². The molecule has 0 radical (unpaired) electrons. The molecule has 4 rings (SSSR count). The summed E-state index contributed by atoms with van der Waals surface area (Å²) in [6, 6.07) is 2.33. The van der Waals surface area contributed by atoms with E-state index >= 15 is 0 Å². The van der Waals surface area contributed by atoms with Crippen LogP contribution in [0.3, 0.4) is 0 Å². The van der Waals surface area contributed by atoms with Crippen molar-refractivity contribution in [3.63, 3.8) is 0 Å². The first-order valence-corrected chi connectivity index (χ1v) is 12.6. The molecule has 2 saturated carbocycles. The van der Waals surface area contributed by atoms with Crippen molar-refractivity contribution in [1.29, 1.82) is 5.26 Å². The minimum Gasteiger partial charge on any atom is -0.481 e. The largest absolute Gasteiger partial charge is 0.481 e. The number of rotatable bonds is 7. The van der Waals surface area contributed by atoms with Crippen LogP contribution in [-0.2, 0) is 14.4 Å². The van der Waals surface area contributed by atoms with Crippen LogP contribution < -0.4 is 0 Å². The zero-order chi connectivity index (χ0) is 23.6. The van der Waals surface area contributed by atoms with Crippen molar-refractivity contribution in [2.45, 2.75) is 97.3 Å². The Kier molecular flexibility index (Phi) is 6.79. The molecule has 4 aliphatic rings. The van der Waals surface area contributed by atoms with E-state index in [1.165, 1.54) is 11.1 Å². The number of nitrogens with zero attached hydrogens (tertiary/aromatic N) is 2. The molecule has 0 unspecified atom stereocenters. The number of hydrogen-bond acceptors (Lipinski definition) is 5. The number of allylic oxidation sites excluding steroid dienone is 4. The molecule has 4 aliphatic carbocycles. The van der Waals surface area contributed by atoms with Gasteiger partial charge in [-0.3, -0.25) is 4.79 Å². The molecule has 1 N–H and O–H groups in total. The molecular weight excluding hydrogens is 416 g/mol. The third-order valence-electron chi connectivity index (χ3n) is 9.19. The number of carbonyl (C=O) groups excluding carboxylic acids is 1. The van der Waals surface area contributed by atoms with Crippen LogP contribution >= 0.6 is 0 Å². The summed E-state index contributed by atoms with van der Waals surface area (Å²) in [6.07, 6.45) is 12.4. The predicted octanol–water partition coefficient (Wildman–Crippen LogP) is 6.09. The first-order chi connectivity index (χ1) is 15.8. The number of carboxylic acid groups (broad SMARTS) is 1. The topological polar surface area (TPSA) is 99.8 Å². The van der Waals surface area contributed by atoms with Gasteiger partial charge in [-0.15, -0.1) is 0 Å². The highest BCUT2D eigenvalue weighted by Gasteiger charge is 2.61. The summed E-state index contributed by atoms with van der Waals surface area (Å²) in [5.41, 5.74) is 4.74. The van der Waals surface area contributed by atoms with Crippen LogP contribution in [0.25, 0.3) is 0 Å². The van der Waals surface area contributed by atoms with Gasteiger partial charge in [0.1, 0.15) is 0 Å². The van der Waals surface area contributed by atoms with Crippen LogP contribution in [-0.4, -0.2) is 22.8 Å². The molecule has 4 atom stereocenters. The average molecular weight is 453 g/mol. The number of carbonyl (C=O) groups is 2. The molecule has 6 nitrogen and oxygen atoms in total. The van der Waals surface area contributed by atoms with Crippen molar-refractivity contribution >= 4 is 17.7 Å². The van der Waals surface area contributed by atoms with Gasteiger partial charge in [0.2, 0.25) is 0 Å². The molecular formula is C27H36N2O4. The maximum Gasteiger partial charge on any atom is 0.335 e. The lowest BCUT2D eigenvalue weighted by Crippen LogP contribution is -2.46. The Morgan fingerprint density at radius 3 is 2.79 bits per heavy atom. The van der Waals surface area contributed by atoms with Crippen LogP contribution in [0.2, 0.25) is 0 Å². The Balaban J connectivity index is 1.55. The predicted molar refractivity (Wildman–Crippen MR) is 125 cm³/mol. The number of fused-ring (bicyclic) bond motifs is 4. The van der Waals surface area contributed by atoms with Gasteiger partial charge >= 0.3 is 11.9 Å². The summed E-state index contributed by atoms with van der Waals surface area (Å²) in [6.45, 7) is 4.32. The van der Waals surface area contributed by atoms with E-state index in [1.807, 2.05) is 6.92 Å². The van der Waals surface area contributed by atoms with Gasteiger partial charge in [0.15, 0.2) is 0 Å². The number of nitriles is 1. The van der Waals surface area contributed by atoms with E-state index in [2.05, 4.69) is 24.2 Å². The molecule has 33 heavy (non-hydrogen) atoms. The molecule has 0 aromatic carbocycles. The zero-order valence-electron chi connectivity index (χ0n) is 20.0. The van der Waals surface area contributed by atoms with Crippen molar-refractivity contribution in [3.05, 3.63) is 22.8 Å². The first-order valence-electron chi connectivity index (χ1n) is 12.6. The number of hydrogen-bond donors (Lipinski definition) is 1. The lowest BCUT2D eigenvalue weighted by Gasteiger charge is -2.53. The van der Waals surface area contributed by atoms with Gasteiger partial charge in [-0.25, -0.2) is 4.79 Å². The normalized spacial score (nSPS) is 34.1. The molecule has 0 saturated heterocycles. The summed E-state index contributed by atoms with van der Waals surface area (Å²) in [5, 5.41) is 23.3. The highest BCUT2D eigenvalue weighted by Crippen LogP contribution is 2.68. The zero-order valence-corrected chi connectivity index (χ0v) is 20.0. The maximum atomic E-state index is 11.8. The van der Waals surface area contributed by atoms with Gasteiger partial charge in [0.05, 0.1) is 18.2 Å². The van der Waals surface area contributed by atoms with Crippen LogP contribution in [0.4, 0.5) is 0 Å². The number of carboxylic acids is 1. The molecule has 6 heteroatoms. The third kappa shape index (κ3) is 4.27. The Bertz CT molecular complexity index is 956. The fraction of sp³-hybridized carbons (Fsp3) is 0.704. The third-order valence-corrected chi connectivity index (χ3v) is 9.19. The Morgan fingerprint density at radius 1 is 1.24 bits per heavy atom. The molecule has 2 fully saturated rings. The maximum absolute atomic E-state index is 11.8. The lowest BCUT2D eigenvalue weighted by atomic mass is 9.51. The minimum absolute atomic E-state index is 0.0922. The van der Waals surface area contributed by atoms with Gasteiger partial charge in [0, 0.05) is 12.8 Å². The van der Waals surface area contributed by atoms with E-state index in [4.69, 9.17) is 4.84 Å². The molecule has 0 aromatic rings. The van der Waals surface area contributed by atoms with Gasteiger partial charge < -0.3 is 9.94 Å². The monoisotopic (exact) mass is 452 g/mol. The molecule has 0 amide bonds. The van der Waals surface area contributed by atoms with Crippen LogP contribution in [0.1, 0.15) is 97.3 Å². The summed E-state index contributed by atoms with van der Waals surface area (Å²) in [5.74, 6) is -0.0848. The molecule has 0 heterocycles. The van der Waals surface area contributed by atoms with E-state index < -0.39 is 11.4 Å². The Labute approximate surface area is 196 Å². The van der Waals surface area contributed by atoms with E-state index in [9.17, 15) is 20.0 Å². The first kappa shape index (κ1) is 23.7. The van der Waals surface area contributed by atoms with Crippen LogP contribution in [0.5, 0.6) is 0 Å². The van der Waals surface area contributed by atoms with Crippen LogP contribution in [0, 0.1) is 34.0 Å². The van der Waals surface area contributed by atoms with Gasteiger partial charge in [-0.1, -0.05) is 31.0 Å². The molecule has 0 aliphatic heterocycles. The van der Waals surface area contributed by atoms with E-state index in [-0.39, 0.29) is 17.8 Å². The van der Waals surface area contributed by atoms with Gasteiger partial charge in [0.25, 0.3) is 0 Å². The average Bonchev–Trinajstić information content (AvgIpc) is 3.07.